The molecule has 8 nitrogen and oxygen atoms in total. The Labute approximate surface area is 166 Å². The molecule has 0 aromatic heterocycles. The summed E-state index contributed by atoms with van der Waals surface area (Å²) in [6, 6.07) is 7.99. The topological polar surface area (TPSA) is 113 Å². The monoisotopic (exact) mass is 424 g/mol. The van der Waals surface area contributed by atoms with Crippen LogP contribution < -0.4 is 14.4 Å². The van der Waals surface area contributed by atoms with Crippen molar-refractivity contribution in [3.05, 3.63) is 47.0 Å². The number of sulfonamides is 1. The fourth-order valence-electron chi connectivity index (χ4n) is 2.92. The summed E-state index contributed by atoms with van der Waals surface area (Å²) in [5.41, 5.74) is 0.455. The molecule has 1 fully saturated rings. The molecular formula is C18H17ClN2O6S. The van der Waals surface area contributed by atoms with Gasteiger partial charge >= 0.3 is 5.97 Å². The highest BCUT2D eigenvalue weighted by molar-refractivity contribution is 7.92. The third kappa shape index (κ3) is 3.90. The van der Waals surface area contributed by atoms with E-state index in [1.54, 1.807) is 11.0 Å². The first-order valence-corrected chi connectivity index (χ1v) is 10.1. The van der Waals surface area contributed by atoms with E-state index in [1.807, 2.05) is 0 Å². The lowest BCUT2D eigenvalue weighted by atomic mass is 10.2. The molecule has 0 atom stereocenters. The van der Waals surface area contributed by atoms with Gasteiger partial charge in [-0.3, -0.25) is 9.52 Å². The fraction of sp³-hybridized carbons (Fsp3) is 0.222. The lowest BCUT2D eigenvalue weighted by Crippen LogP contribution is -2.24. The van der Waals surface area contributed by atoms with Gasteiger partial charge in [0.1, 0.15) is 5.75 Å². The average molecular weight is 425 g/mol. The van der Waals surface area contributed by atoms with E-state index in [1.165, 1.54) is 31.4 Å². The SMILES string of the molecule is COc1cc(NS(=O)(=O)c2ccc(Cl)c(C(=O)O)c2)ccc1N1CCCC1=O. The third-order valence-electron chi connectivity index (χ3n) is 4.27. The molecule has 0 saturated carbocycles. The third-order valence-corrected chi connectivity index (χ3v) is 5.98. The van der Waals surface area contributed by atoms with Crippen molar-refractivity contribution < 1.29 is 27.9 Å². The zero-order valence-electron chi connectivity index (χ0n) is 14.8. The second-order valence-electron chi connectivity index (χ2n) is 6.09. The summed E-state index contributed by atoms with van der Waals surface area (Å²) >= 11 is 5.79. The number of nitrogens with zero attached hydrogens (tertiary/aromatic N) is 1. The Balaban J connectivity index is 1.91. The second kappa shape index (κ2) is 7.69. The highest BCUT2D eigenvalue weighted by atomic mass is 35.5. The zero-order valence-corrected chi connectivity index (χ0v) is 16.4. The van der Waals surface area contributed by atoms with Crippen LogP contribution in [0, 0.1) is 0 Å². The van der Waals surface area contributed by atoms with E-state index >= 15 is 0 Å². The quantitative estimate of drug-likeness (QED) is 0.737. The summed E-state index contributed by atoms with van der Waals surface area (Å²) in [6.07, 6.45) is 1.21. The molecule has 0 radical (unpaired) electrons. The van der Waals surface area contributed by atoms with Gasteiger partial charge in [0.05, 0.1) is 34.0 Å². The maximum atomic E-state index is 12.6. The number of benzene rings is 2. The van der Waals surface area contributed by atoms with Gasteiger partial charge in [-0.1, -0.05) is 11.6 Å². The molecule has 2 aromatic carbocycles. The predicted octanol–water partition coefficient (Wildman–Crippen LogP) is 2.97. The molecule has 10 heteroatoms. The lowest BCUT2D eigenvalue weighted by Gasteiger charge is -2.20. The van der Waals surface area contributed by atoms with Crippen LogP contribution in [-0.4, -0.2) is 39.1 Å². The Morgan fingerprint density at radius 2 is 2.00 bits per heavy atom. The molecule has 0 aliphatic carbocycles. The van der Waals surface area contributed by atoms with Gasteiger partial charge in [0.25, 0.3) is 10.0 Å². The van der Waals surface area contributed by atoms with E-state index in [-0.39, 0.29) is 27.1 Å². The van der Waals surface area contributed by atoms with Gasteiger partial charge in [-0.2, -0.15) is 0 Å². The number of carbonyl (C=O) groups is 2. The number of nitrogens with one attached hydrogen (secondary N) is 1. The van der Waals surface area contributed by atoms with Crippen molar-refractivity contribution in [2.45, 2.75) is 17.7 Å². The molecule has 28 heavy (non-hydrogen) atoms. The van der Waals surface area contributed by atoms with Crippen LogP contribution in [-0.2, 0) is 14.8 Å². The van der Waals surface area contributed by atoms with Gasteiger partial charge in [-0.05, 0) is 36.8 Å². The number of amides is 1. The molecule has 1 saturated heterocycles. The summed E-state index contributed by atoms with van der Waals surface area (Å²) in [5, 5.41) is 9.06. The van der Waals surface area contributed by atoms with Crippen LogP contribution in [0.5, 0.6) is 5.75 Å². The van der Waals surface area contributed by atoms with Gasteiger partial charge in [-0.25, -0.2) is 13.2 Å². The number of anilines is 2. The summed E-state index contributed by atoms with van der Waals surface area (Å²) < 4.78 is 32.9. The minimum absolute atomic E-state index is 0.0194. The number of ether oxygens (including phenoxy) is 1. The van der Waals surface area contributed by atoms with Crippen LogP contribution in [0.15, 0.2) is 41.3 Å². The second-order valence-corrected chi connectivity index (χ2v) is 8.18. The van der Waals surface area contributed by atoms with Crippen molar-refractivity contribution in [1.29, 1.82) is 0 Å². The highest BCUT2D eigenvalue weighted by Gasteiger charge is 2.25. The number of methoxy groups -OCH3 is 1. The molecule has 0 unspecified atom stereocenters. The molecule has 1 amide bonds. The van der Waals surface area contributed by atoms with Crippen molar-refractivity contribution in [1.82, 2.24) is 0 Å². The van der Waals surface area contributed by atoms with E-state index in [0.29, 0.717) is 24.4 Å². The maximum absolute atomic E-state index is 12.6. The van der Waals surface area contributed by atoms with Crippen molar-refractivity contribution in [3.63, 3.8) is 0 Å². The summed E-state index contributed by atoms with van der Waals surface area (Å²) in [5.74, 6) is -1.00. The van der Waals surface area contributed by atoms with Crippen LogP contribution in [0.1, 0.15) is 23.2 Å². The molecule has 1 aliphatic heterocycles. The van der Waals surface area contributed by atoms with E-state index < -0.39 is 16.0 Å². The summed E-state index contributed by atoms with van der Waals surface area (Å²) in [6.45, 7) is 0.572. The van der Waals surface area contributed by atoms with E-state index in [0.717, 1.165) is 12.5 Å². The van der Waals surface area contributed by atoms with Gasteiger partial charge in [0, 0.05) is 19.0 Å². The average Bonchev–Trinajstić information content (AvgIpc) is 3.07. The predicted molar refractivity (Wildman–Crippen MR) is 104 cm³/mol. The molecule has 2 N–H and O–H groups in total. The number of halogens is 1. The number of aromatic carboxylic acids is 1. The van der Waals surface area contributed by atoms with Crippen LogP contribution in [0.2, 0.25) is 5.02 Å². The molecule has 1 aliphatic rings. The van der Waals surface area contributed by atoms with Crippen LogP contribution >= 0.6 is 11.6 Å². The number of hydrogen-bond acceptors (Lipinski definition) is 5. The van der Waals surface area contributed by atoms with Crippen molar-refractivity contribution >= 4 is 44.9 Å². The van der Waals surface area contributed by atoms with E-state index in [2.05, 4.69) is 4.72 Å². The molecule has 3 rings (SSSR count). The largest absolute Gasteiger partial charge is 0.494 e. The first-order chi connectivity index (χ1) is 13.2. The zero-order chi connectivity index (χ0) is 20.5. The number of rotatable bonds is 6. The van der Waals surface area contributed by atoms with Crippen molar-refractivity contribution in [2.75, 3.05) is 23.3 Å². The van der Waals surface area contributed by atoms with Crippen molar-refractivity contribution in [3.8, 4) is 5.75 Å². The van der Waals surface area contributed by atoms with Crippen LogP contribution in [0.25, 0.3) is 0 Å². The first-order valence-electron chi connectivity index (χ1n) is 8.27. The molecule has 0 spiro atoms. The lowest BCUT2D eigenvalue weighted by molar-refractivity contribution is -0.117. The normalized spacial score (nSPS) is 14.2. The number of carboxylic acids is 1. The summed E-state index contributed by atoms with van der Waals surface area (Å²) in [7, 11) is -2.64. The standard InChI is InChI=1S/C18H17ClN2O6S/c1-27-16-9-11(4-7-15(16)21-8-2-3-17(21)22)20-28(25,26)12-5-6-14(19)13(10-12)18(23)24/h4-7,9-10,20H,2-3,8H2,1H3,(H,23,24). The maximum Gasteiger partial charge on any atom is 0.337 e. The van der Waals surface area contributed by atoms with Gasteiger partial charge < -0.3 is 14.7 Å². The minimum Gasteiger partial charge on any atom is -0.494 e. The molecule has 0 bridgehead atoms. The Bertz CT molecular complexity index is 1050. The molecule has 2 aromatic rings. The fourth-order valence-corrected chi connectivity index (χ4v) is 4.19. The van der Waals surface area contributed by atoms with Gasteiger partial charge in [0.2, 0.25) is 5.91 Å². The Morgan fingerprint density at radius 3 is 2.61 bits per heavy atom. The molecule has 1 heterocycles. The first kappa shape index (κ1) is 20.0. The Hall–Kier alpha value is -2.78. The molecule has 148 valence electrons. The number of carbonyl (C=O) groups excluding carboxylic acids is 1. The van der Waals surface area contributed by atoms with Crippen molar-refractivity contribution in [2.24, 2.45) is 0 Å². The smallest absolute Gasteiger partial charge is 0.337 e. The summed E-state index contributed by atoms with van der Waals surface area (Å²) in [4.78, 5) is 24.5. The minimum atomic E-state index is -4.06. The Morgan fingerprint density at radius 1 is 1.25 bits per heavy atom. The van der Waals surface area contributed by atoms with Gasteiger partial charge in [-0.15, -0.1) is 0 Å². The molecular weight excluding hydrogens is 408 g/mol. The van der Waals surface area contributed by atoms with Crippen LogP contribution in [0.3, 0.4) is 0 Å². The highest BCUT2D eigenvalue weighted by Crippen LogP contribution is 2.34. The van der Waals surface area contributed by atoms with Crippen LogP contribution in [0.4, 0.5) is 11.4 Å². The number of hydrogen-bond donors (Lipinski definition) is 2. The Kier molecular flexibility index (Phi) is 5.48. The number of carboxylic acid groups (broad SMARTS) is 1. The van der Waals surface area contributed by atoms with E-state index in [4.69, 9.17) is 21.4 Å². The van der Waals surface area contributed by atoms with E-state index in [9.17, 15) is 18.0 Å². The van der Waals surface area contributed by atoms with Gasteiger partial charge in [0.15, 0.2) is 0 Å².